The molecule has 0 unspecified atom stereocenters. The number of rotatable bonds is 4. The SMILES string of the molecule is Cc1cccc(Sc2ccc([N+](=O)[O-])cc2C=O)c1. The fraction of sp³-hybridized carbons (Fsp3) is 0.0714. The molecule has 0 aromatic heterocycles. The highest BCUT2D eigenvalue weighted by molar-refractivity contribution is 7.99. The Morgan fingerprint density at radius 2 is 2.00 bits per heavy atom. The van der Waals surface area contributed by atoms with Gasteiger partial charge in [-0.2, -0.15) is 0 Å². The lowest BCUT2D eigenvalue weighted by molar-refractivity contribution is -0.384. The number of carbonyl (C=O) groups is 1. The van der Waals surface area contributed by atoms with Crippen LogP contribution in [0.4, 0.5) is 5.69 Å². The first-order chi connectivity index (χ1) is 9.10. The summed E-state index contributed by atoms with van der Waals surface area (Å²) in [5.41, 5.74) is 1.39. The zero-order valence-electron chi connectivity index (χ0n) is 10.2. The van der Waals surface area contributed by atoms with Crippen LogP contribution in [0.1, 0.15) is 15.9 Å². The predicted molar refractivity (Wildman–Crippen MR) is 73.8 cm³/mol. The van der Waals surface area contributed by atoms with Crippen molar-refractivity contribution < 1.29 is 9.72 Å². The van der Waals surface area contributed by atoms with Gasteiger partial charge >= 0.3 is 0 Å². The van der Waals surface area contributed by atoms with Gasteiger partial charge in [-0.15, -0.1) is 0 Å². The molecule has 0 heterocycles. The highest BCUT2D eigenvalue weighted by Gasteiger charge is 2.11. The number of nitro benzene ring substituents is 1. The van der Waals surface area contributed by atoms with E-state index >= 15 is 0 Å². The number of aldehydes is 1. The monoisotopic (exact) mass is 273 g/mol. The molecular formula is C14H11NO3S. The van der Waals surface area contributed by atoms with Gasteiger partial charge in [0.25, 0.3) is 5.69 Å². The summed E-state index contributed by atoms with van der Waals surface area (Å²) < 4.78 is 0. The predicted octanol–water partition coefficient (Wildman–Crippen LogP) is 3.87. The third kappa shape index (κ3) is 3.20. The van der Waals surface area contributed by atoms with Crippen LogP contribution in [0.3, 0.4) is 0 Å². The van der Waals surface area contributed by atoms with Crippen molar-refractivity contribution in [2.75, 3.05) is 0 Å². The molecule has 96 valence electrons. The molecule has 5 heteroatoms. The molecule has 0 saturated carbocycles. The smallest absolute Gasteiger partial charge is 0.270 e. The molecule has 0 aliphatic rings. The van der Waals surface area contributed by atoms with E-state index in [2.05, 4.69) is 0 Å². The molecule has 0 atom stereocenters. The number of nitro groups is 1. The highest BCUT2D eigenvalue weighted by Crippen LogP contribution is 2.32. The summed E-state index contributed by atoms with van der Waals surface area (Å²) in [6.45, 7) is 1.99. The van der Waals surface area contributed by atoms with Gasteiger partial charge in [0.15, 0.2) is 6.29 Å². The maximum Gasteiger partial charge on any atom is 0.270 e. The second-order valence-corrected chi connectivity index (χ2v) is 5.13. The zero-order chi connectivity index (χ0) is 13.8. The van der Waals surface area contributed by atoms with Crippen molar-refractivity contribution in [3.8, 4) is 0 Å². The van der Waals surface area contributed by atoms with Gasteiger partial charge in [0.05, 0.1) is 4.92 Å². The van der Waals surface area contributed by atoms with Crippen LogP contribution >= 0.6 is 11.8 Å². The van der Waals surface area contributed by atoms with Gasteiger partial charge in [0, 0.05) is 27.5 Å². The summed E-state index contributed by atoms with van der Waals surface area (Å²) in [5.74, 6) is 0. The van der Waals surface area contributed by atoms with E-state index in [0.29, 0.717) is 16.7 Å². The van der Waals surface area contributed by atoms with E-state index in [1.54, 1.807) is 6.07 Å². The average molecular weight is 273 g/mol. The van der Waals surface area contributed by atoms with Crippen molar-refractivity contribution in [1.29, 1.82) is 0 Å². The molecule has 0 bridgehead atoms. The Balaban J connectivity index is 2.35. The molecule has 2 aromatic carbocycles. The van der Waals surface area contributed by atoms with E-state index in [1.165, 1.54) is 23.9 Å². The second kappa shape index (κ2) is 5.67. The van der Waals surface area contributed by atoms with Crippen LogP contribution in [-0.2, 0) is 0 Å². The van der Waals surface area contributed by atoms with Gasteiger partial charge in [-0.05, 0) is 25.1 Å². The third-order valence-corrected chi connectivity index (χ3v) is 3.63. The van der Waals surface area contributed by atoms with E-state index in [-0.39, 0.29) is 5.69 Å². The minimum absolute atomic E-state index is 0.0734. The first kappa shape index (κ1) is 13.3. The molecule has 0 saturated heterocycles. The second-order valence-electron chi connectivity index (χ2n) is 4.02. The average Bonchev–Trinajstić information content (AvgIpc) is 2.39. The molecule has 0 spiro atoms. The highest BCUT2D eigenvalue weighted by atomic mass is 32.2. The summed E-state index contributed by atoms with van der Waals surface area (Å²) in [4.78, 5) is 22.9. The molecule has 0 aliphatic heterocycles. The Bertz CT molecular complexity index is 640. The Labute approximate surface area is 114 Å². The van der Waals surface area contributed by atoms with Crippen molar-refractivity contribution >= 4 is 23.7 Å². The van der Waals surface area contributed by atoms with Gasteiger partial charge in [-0.25, -0.2) is 0 Å². The molecule has 0 amide bonds. The first-order valence-electron chi connectivity index (χ1n) is 5.58. The minimum Gasteiger partial charge on any atom is -0.298 e. The standard InChI is InChI=1S/C14H11NO3S/c1-10-3-2-4-13(7-10)19-14-6-5-12(15(17)18)8-11(14)9-16/h2-9H,1H3. The molecule has 4 nitrogen and oxygen atoms in total. The van der Waals surface area contributed by atoms with Gasteiger partial charge < -0.3 is 0 Å². The maximum atomic E-state index is 11.0. The molecular weight excluding hydrogens is 262 g/mol. The normalized spacial score (nSPS) is 10.2. The Morgan fingerprint density at radius 1 is 1.21 bits per heavy atom. The van der Waals surface area contributed by atoms with E-state index in [9.17, 15) is 14.9 Å². The van der Waals surface area contributed by atoms with Crippen LogP contribution < -0.4 is 0 Å². The molecule has 2 aromatic rings. The lowest BCUT2D eigenvalue weighted by atomic mass is 10.2. The lowest BCUT2D eigenvalue weighted by Crippen LogP contribution is -1.92. The van der Waals surface area contributed by atoms with Crippen LogP contribution in [0.2, 0.25) is 0 Å². The molecule has 19 heavy (non-hydrogen) atoms. The Kier molecular flexibility index (Phi) is 3.97. The summed E-state index contributed by atoms with van der Waals surface area (Å²) >= 11 is 1.42. The molecule has 0 radical (unpaired) electrons. The third-order valence-electron chi connectivity index (χ3n) is 2.55. The number of nitrogens with zero attached hydrogens (tertiary/aromatic N) is 1. The summed E-state index contributed by atoms with van der Waals surface area (Å²) in [6, 6.07) is 12.2. The van der Waals surface area contributed by atoms with Crippen molar-refractivity contribution in [2.45, 2.75) is 16.7 Å². The first-order valence-corrected chi connectivity index (χ1v) is 6.40. The largest absolute Gasteiger partial charge is 0.298 e. The van der Waals surface area contributed by atoms with E-state index in [0.717, 1.165) is 10.5 Å². The molecule has 0 N–H and O–H groups in total. The number of benzene rings is 2. The minimum atomic E-state index is -0.506. The van der Waals surface area contributed by atoms with Crippen molar-refractivity contribution in [3.63, 3.8) is 0 Å². The quantitative estimate of drug-likeness (QED) is 0.482. The maximum absolute atomic E-state index is 11.0. The number of hydrogen-bond acceptors (Lipinski definition) is 4. The van der Waals surface area contributed by atoms with E-state index in [1.807, 2.05) is 31.2 Å². The van der Waals surface area contributed by atoms with Crippen LogP contribution in [0.15, 0.2) is 52.3 Å². The van der Waals surface area contributed by atoms with Crippen molar-refractivity contribution in [2.24, 2.45) is 0 Å². The van der Waals surface area contributed by atoms with Gasteiger partial charge in [0.1, 0.15) is 0 Å². The zero-order valence-corrected chi connectivity index (χ0v) is 11.0. The fourth-order valence-electron chi connectivity index (χ4n) is 1.64. The molecule has 0 aliphatic carbocycles. The van der Waals surface area contributed by atoms with Crippen molar-refractivity contribution in [3.05, 3.63) is 63.7 Å². The van der Waals surface area contributed by atoms with Gasteiger partial charge in [-0.3, -0.25) is 14.9 Å². The van der Waals surface area contributed by atoms with Gasteiger partial charge in [-0.1, -0.05) is 29.5 Å². The molecule has 2 rings (SSSR count). The Morgan fingerprint density at radius 3 is 2.63 bits per heavy atom. The Hall–Kier alpha value is -2.14. The number of aryl methyl sites for hydroxylation is 1. The summed E-state index contributed by atoms with van der Waals surface area (Å²) in [5, 5.41) is 10.7. The molecule has 0 fully saturated rings. The topological polar surface area (TPSA) is 60.2 Å². The number of hydrogen-bond donors (Lipinski definition) is 0. The van der Waals surface area contributed by atoms with E-state index in [4.69, 9.17) is 0 Å². The van der Waals surface area contributed by atoms with Crippen LogP contribution in [0.5, 0.6) is 0 Å². The number of non-ortho nitro benzene ring substituents is 1. The fourth-order valence-corrected chi connectivity index (χ4v) is 2.65. The lowest BCUT2D eigenvalue weighted by Gasteiger charge is -2.05. The van der Waals surface area contributed by atoms with Crippen LogP contribution in [0, 0.1) is 17.0 Å². The van der Waals surface area contributed by atoms with Crippen LogP contribution in [-0.4, -0.2) is 11.2 Å². The van der Waals surface area contributed by atoms with E-state index < -0.39 is 4.92 Å². The van der Waals surface area contributed by atoms with Crippen LogP contribution in [0.25, 0.3) is 0 Å². The summed E-state index contributed by atoms with van der Waals surface area (Å²) in [6.07, 6.45) is 0.644. The van der Waals surface area contributed by atoms with Crippen molar-refractivity contribution in [1.82, 2.24) is 0 Å². The summed E-state index contributed by atoms with van der Waals surface area (Å²) in [7, 11) is 0. The number of carbonyl (C=O) groups excluding carboxylic acids is 1. The van der Waals surface area contributed by atoms with Gasteiger partial charge in [0.2, 0.25) is 0 Å².